The molecular formula is C15H22O6. The van der Waals surface area contributed by atoms with Gasteiger partial charge in [0.25, 0.3) is 0 Å². The molecule has 0 amide bonds. The molecule has 7 unspecified atom stereocenters. The summed E-state index contributed by atoms with van der Waals surface area (Å²) in [5.41, 5.74) is -4.33. The largest absolute Gasteiger partial charge is 0.463 e. The van der Waals surface area contributed by atoms with Crippen molar-refractivity contribution in [2.45, 2.75) is 63.1 Å². The molecule has 4 aliphatic rings. The molecule has 3 saturated heterocycles. The van der Waals surface area contributed by atoms with Gasteiger partial charge in [-0.25, -0.2) is 4.79 Å². The van der Waals surface area contributed by atoms with E-state index in [0.717, 1.165) is 6.42 Å². The van der Waals surface area contributed by atoms with Crippen LogP contribution in [0.25, 0.3) is 0 Å². The van der Waals surface area contributed by atoms with E-state index in [1.54, 1.807) is 13.8 Å². The van der Waals surface area contributed by atoms with Crippen molar-refractivity contribution < 1.29 is 29.6 Å². The summed E-state index contributed by atoms with van der Waals surface area (Å²) in [6.45, 7) is 5.24. The lowest BCUT2D eigenvalue weighted by Crippen LogP contribution is -2.69. The zero-order valence-electron chi connectivity index (χ0n) is 12.5. The number of aliphatic hydroxyl groups is 3. The van der Waals surface area contributed by atoms with Crippen LogP contribution in [0.2, 0.25) is 0 Å². The first-order valence-electron chi connectivity index (χ1n) is 7.58. The van der Waals surface area contributed by atoms with Gasteiger partial charge >= 0.3 is 5.97 Å². The lowest BCUT2D eigenvalue weighted by molar-refractivity contribution is -0.257. The molecule has 0 aromatic heterocycles. The third-order valence-corrected chi connectivity index (χ3v) is 7.38. The molecule has 21 heavy (non-hydrogen) atoms. The van der Waals surface area contributed by atoms with Gasteiger partial charge in [0.15, 0.2) is 11.9 Å². The fraction of sp³-hybridized carbons (Fsp3) is 0.933. The number of ether oxygens (including phenoxy) is 2. The van der Waals surface area contributed by atoms with Crippen molar-refractivity contribution in [3.63, 3.8) is 0 Å². The van der Waals surface area contributed by atoms with Gasteiger partial charge in [0.2, 0.25) is 0 Å². The van der Waals surface area contributed by atoms with Gasteiger partial charge in [-0.1, -0.05) is 13.8 Å². The highest BCUT2D eigenvalue weighted by atomic mass is 16.7. The summed E-state index contributed by atoms with van der Waals surface area (Å²) in [5, 5.41) is 32.6. The maximum absolute atomic E-state index is 12.2. The first kappa shape index (κ1) is 13.9. The Labute approximate surface area is 123 Å². The number of hydrogen-bond acceptors (Lipinski definition) is 6. The van der Waals surface area contributed by atoms with Crippen LogP contribution in [-0.4, -0.2) is 51.0 Å². The van der Waals surface area contributed by atoms with Crippen molar-refractivity contribution in [2.75, 3.05) is 6.61 Å². The van der Waals surface area contributed by atoms with Gasteiger partial charge in [-0.2, -0.15) is 0 Å². The van der Waals surface area contributed by atoms with E-state index < -0.39 is 39.9 Å². The minimum Gasteiger partial charge on any atom is -0.463 e. The van der Waals surface area contributed by atoms with Crippen molar-refractivity contribution in [3.8, 4) is 0 Å². The maximum atomic E-state index is 12.2. The van der Waals surface area contributed by atoms with Gasteiger partial charge in [-0.15, -0.1) is 0 Å². The van der Waals surface area contributed by atoms with Gasteiger partial charge in [0.1, 0.15) is 12.2 Å². The number of carbonyl (C=O) groups excluding carboxylic acids is 1. The standard InChI is InChI=1S/C15H22O6/c1-8-4-5-14-11(2)7-20-10(17)9(16)13(8,14)6-15(19,21-14)12(11,3)18/h8-9,16,18-19H,4-7H2,1-3H3. The summed E-state index contributed by atoms with van der Waals surface area (Å²) >= 11 is 0. The normalized spacial score (nSPS) is 65.1. The number of aliphatic hydroxyl groups excluding tert-OH is 1. The van der Waals surface area contributed by atoms with Crippen LogP contribution in [0.5, 0.6) is 0 Å². The van der Waals surface area contributed by atoms with Crippen LogP contribution in [0.3, 0.4) is 0 Å². The monoisotopic (exact) mass is 298 g/mol. The predicted octanol–water partition coefficient (Wildman–Crippen LogP) is -0.0610. The van der Waals surface area contributed by atoms with Gasteiger partial charge in [-0.3, -0.25) is 0 Å². The van der Waals surface area contributed by atoms with E-state index in [4.69, 9.17) is 9.47 Å². The second-order valence-corrected chi connectivity index (χ2v) is 7.78. The molecule has 1 aliphatic carbocycles. The van der Waals surface area contributed by atoms with Crippen LogP contribution < -0.4 is 0 Å². The Balaban J connectivity index is 2.05. The lowest BCUT2D eigenvalue weighted by Gasteiger charge is -2.55. The third-order valence-electron chi connectivity index (χ3n) is 7.38. The van der Waals surface area contributed by atoms with Crippen molar-refractivity contribution in [3.05, 3.63) is 0 Å². The first-order chi connectivity index (χ1) is 9.58. The zero-order valence-corrected chi connectivity index (χ0v) is 12.5. The molecule has 3 heterocycles. The van der Waals surface area contributed by atoms with Crippen LogP contribution in [0.4, 0.5) is 0 Å². The SMILES string of the molecule is CC1CCC23OC4(O)CC12C(O)C(=O)OCC3(C)C4(C)O. The summed E-state index contributed by atoms with van der Waals surface area (Å²) in [6.07, 6.45) is 0.102. The number of rotatable bonds is 0. The lowest BCUT2D eigenvalue weighted by atomic mass is 9.47. The quantitative estimate of drug-likeness (QED) is 0.542. The van der Waals surface area contributed by atoms with E-state index in [0.29, 0.717) is 6.42 Å². The molecule has 1 spiro atoms. The molecule has 118 valence electrons. The summed E-state index contributed by atoms with van der Waals surface area (Å²) in [5.74, 6) is -2.43. The highest BCUT2D eigenvalue weighted by Crippen LogP contribution is 2.79. The average molecular weight is 298 g/mol. The number of carbonyl (C=O) groups is 1. The van der Waals surface area contributed by atoms with E-state index in [1.807, 2.05) is 6.92 Å². The van der Waals surface area contributed by atoms with E-state index in [-0.39, 0.29) is 18.9 Å². The molecule has 4 fully saturated rings. The van der Waals surface area contributed by atoms with Gasteiger partial charge < -0.3 is 24.8 Å². The predicted molar refractivity (Wildman–Crippen MR) is 69.9 cm³/mol. The molecule has 7 atom stereocenters. The maximum Gasteiger partial charge on any atom is 0.335 e. The molecule has 0 radical (unpaired) electrons. The summed E-state index contributed by atoms with van der Waals surface area (Å²) in [6, 6.07) is 0. The third kappa shape index (κ3) is 1.02. The summed E-state index contributed by atoms with van der Waals surface area (Å²) in [4.78, 5) is 12.2. The van der Waals surface area contributed by atoms with Crippen LogP contribution in [0.15, 0.2) is 0 Å². The Bertz CT molecular complexity index is 546. The van der Waals surface area contributed by atoms with E-state index in [1.165, 1.54) is 0 Å². The van der Waals surface area contributed by atoms with E-state index in [9.17, 15) is 20.1 Å². The molecular weight excluding hydrogens is 276 g/mol. The molecule has 0 aromatic carbocycles. The average Bonchev–Trinajstić information content (AvgIpc) is 2.88. The van der Waals surface area contributed by atoms with E-state index >= 15 is 0 Å². The Hall–Kier alpha value is -0.690. The number of hydrogen-bond donors (Lipinski definition) is 3. The van der Waals surface area contributed by atoms with Crippen LogP contribution in [0, 0.1) is 16.7 Å². The molecule has 3 N–H and O–H groups in total. The van der Waals surface area contributed by atoms with Crippen molar-refractivity contribution in [1.82, 2.24) is 0 Å². The summed E-state index contributed by atoms with van der Waals surface area (Å²) in [7, 11) is 0. The number of cyclic esters (lactones) is 1. The van der Waals surface area contributed by atoms with Crippen LogP contribution in [-0.2, 0) is 14.3 Å². The van der Waals surface area contributed by atoms with Crippen molar-refractivity contribution in [2.24, 2.45) is 16.7 Å². The Morgan fingerprint density at radius 2 is 1.95 bits per heavy atom. The molecule has 6 nitrogen and oxygen atoms in total. The zero-order chi connectivity index (χ0) is 15.5. The van der Waals surface area contributed by atoms with Crippen LogP contribution in [0.1, 0.15) is 40.0 Å². The fourth-order valence-corrected chi connectivity index (χ4v) is 5.84. The smallest absolute Gasteiger partial charge is 0.335 e. The number of fused-ring (bicyclic) bond motifs is 1. The topological polar surface area (TPSA) is 96.2 Å². The Kier molecular flexibility index (Phi) is 2.19. The second-order valence-electron chi connectivity index (χ2n) is 7.78. The highest BCUT2D eigenvalue weighted by molar-refractivity contribution is 5.77. The van der Waals surface area contributed by atoms with Crippen molar-refractivity contribution in [1.29, 1.82) is 0 Å². The molecule has 6 heteroatoms. The summed E-state index contributed by atoms with van der Waals surface area (Å²) < 4.78 is 11.3. The minimum atomic E-state index is -1.76. The first-order valence-corrected chi connectivity index (χ1v) is 7.58. The fourth-order valence-electron chi connectivity index (χ4n) is 5.84. The molecule has 3 aliphatic heterocycles. The molecule has 1 saturated carbocycles. The minimum absolute atomic E-state index is 0.00241. The second kappa shape index (κ2) is 3.30. The van der Waals surface area contributed by atoms with E-state index in [2.05, 4.69) is 0 Å². The molecule has 4 rings (SSSR count). The Morgan fingerprint density at radius 3 is 2.62 bits per heavy atom. The number of esters is 1. The van der Waals surface area contributed by atoms with Gasteiger partial charge in [-0.05, 0) is 25.7 Å². The molecule has 2 bridgehead atoms. The highest BCUT2D eigenvalue weighted by Gasteiger charge is 2.90. The Morgan fingerprint density at radius 1 is 1.29 bits per heavy atom. The van der Waals surface area contributed by atoms with Crippen molar-refractivity contribution >= 4 is 5.97 Å². The van der Waals surface area contributed by atoms with Gasteiger partial charge in [0, 0.05) is 11.8 Å². The van der Waals surface area contributed by atoms with Crippen LogP contribution >= 0.6 is 0 Å². The molecule has 0 aromatic rings. The van der Waals surface area contributed by atoms with Gasteiger partial charge in [0.05, 0.1) is 11.0 Å².